The summed E-state index contributed by atoms with van der Waals surface area (Å²) in [5.41, 5.74) is 1.10. The van der Waals surface area contributed by atoms with Gasteiger partial charge in [0, 0.05) is 17.4 Å². The fourth-order valence-electron chi connectivity index (χ4n) is 2.46. The van der Waals surface area contributed by atoms with Crippen molar-refractivity contribution in [2.45, 2.75) is 48.4 Å². The van der Waals surface area contributed by atoms with Gasteiger partial charge in [-0.25, -0.2) is 4.98 Å². The molecule has 2 heterocycles. The maximum Gasteiger partial charge on any atom is 0.573 e. The zero-order valence-corrected chi connectivity index (χ0v) is 15.8. The van der Waals surface area contributed by atoms with Gasteiger partial charge >= 0.3 is 6.36 Å². The van der Waals surface area contributed by atoms with E-state index >= 15 is 0 Å². The first-order chi connectivity index (χ1) is 12.3. The van der Waals surface area contributed by atoms with Gasteiger partial charge in [0.25, 0.3) is 5.56 Å². The second kappa shape index (κ2) is 7.56. The van der Waals surface area contributed by atoms with Gasteiger partial charge in [-0.15, -0.1) is 24.9 Å². The number of alkyl halides is 3. The molecule has 0 N–H and O–H groups in total. The number of rotatable bonds is 5. The maximum atomic E-state index is 12.9. The number of hydrogen-bond donors (Lipinski definition) is 0. The summed E-state index contributed by atoms with van der Waals surface area (Å²) in [6.45, 7) is 4.09. The zero-order chi connectivity index (χ0) is 18.9. The number of halogens is 3. The minimum atomic E-state index is -4.75. The molecule has 1 unspecified atom stereocenters. The fourth-order valence-corrected chi connectivity index (χ4v) is 4.47. The monoisotopic (exact) mass is 402 g/mol. The molecule has 1 aromatic carbocycles. The van der Waals surface area contributed by atoms with Gasteiger partial charge in [-0.1, -0.05) is 25.6 Å². The van der Waals surface area contributed by atoms with Crippen LogP contribution in [0.15, 0.2) is 39.1 Å². The van der Waals surface area contributed by atoms with Crippen LogP contribution in [0.25, 0.3) is 5.69 Å². The molecule has 0 aliphatic carbocycles. The van der Waals surface area contributed by atoms with Crippen molar-refractivity contribution < 1.29 is 17.9 Å². The molecule has 2 aromatic rings. The smallest absolute Gasteiger partial charge is 0.406 e. The van der Waals surface area contributed by atoms with E-state index in [4.69, 9.17) is 0 Å². The minimum absolute atomic E-state index is 0.173. The van der Waals surface area contributed by atoms with E-state index in [1.165, 1.54) is 52.4 Å². The van der Waals surface area contributed by atoms with Gasteiger partial charge in [-0.3, -0.25) is 9.36 Å². The molecule has 1 aromatic heterocycles. The standard InChI is InChI=1S/C17H17F3N2O2S2/c1-3-10(2)26-16-21-13-8-9-25-14(13)15(23)22(16)11-4-6-12(7-5-11)24-17(18,19)20/h4-7,10H,3,8-9H2,1-2H3. The van der Waals surface area contributed by atoms with Crippen LogP contribution in [0, 0.1) is 0 Å². The van der Waals surface area contributed by atoms with Gasteiger partial charge in [0.05, 0.1) is 16.3 Å². The lowest BCUT2D eigenvalue weighted by Gasteiger charge is -2.16. The summed E-state index contributed by atoms with van der Waals surface area (Å²) < 4.78 is 42.4. The summed E-state index contributed by atoms with van der Waals surface area (Å²) in [5.74, 6) is 0.488. The lowest BCUT2D eigenvalue weighted by atomic mass is 10.3. The average Bonchev–Trinajstić information content (AvgIpc) is 3.03. The first-order valence-electron chi connectivity index (χ1n) is 8.10. The third-order valence-corrected chi connectivity index (χ3v) is 6.20. The Bertz CT molecular complexity index is 851. The van der Waals surface area contributed by atoms with Gasteiger partial charge in [0.2, 0.25) is 0 Å². The second-order valence-corrected chi connectivity index (χ2v) is 8.30. The van der Waals surface area contributed by atoms with E-state index in [0.717, 1.165) is 24.3 Å². The zero-order valence-electron chi connectivity index (χ0n) is 14.2. The van der Waals surface area contributed by atoms with Crippen molar-refractivity contribution in [3.63, 3.8) is 0 Å². The van der Waals surface area contributed by atoms with Crippen LogP contribution in [0.4, 0.5) is 13.2 Å². The number of fused-ring (bicyclic) bond motifs is 1. The molecule has 0 fully saturated rings. The second-order valence-electron chi connectivity index (χ2n) is 5.79. The molecule has 9 heteroatoms. The largest absolute Gasteiger partial charge is 0.573 e. The van der Waals surface area contributed by atoms with Crippen LogP contribution in [-0.2, 0) is 6.42 Å². The van der Waals surface area contributed by atoms with Gasteiger partial charge < -0.3 is 4.74 Å². The van der Waals surface area contributed by atoms with Crippen molar-refractivity contribution in [3.05, 3.63) is 40.3 Å². The average molecular weight is 402 g/mol. The highest BCUT2D eigenvalue weighted by Gasteiger charge is 2.31. The van der Waals surface area contributed by atoms with E-state index in [9.17, 15) is 18.0 Å². The minimum Gasteiger partial charge on any atom is -0.406 e. The van der Waals surface area contributed by atoms with Crippen molar-refractivity contribution in [2.24, 2.45) is 0 Å². The highest BCUT2D eigenvalue weighted by atomic mass is 32.2. The van der Waals surface area contributed by atoms with E-state index in [0.29, 0.717) is 15.7 Å². The van der Waals surface area contributed by atoms with Gasteiger partial charge in [-0.05, 0) is 30.7 Å². The molecule has 1 aliphatic heterocycles. The first-order valence-corrected chi connectivity index (χ1v) is 9.96. The Hall–Kier alpha value is -1.61. The van der Waals surface area contributed by atoms with Crippen molar-refractivity contribution in [3.8, 4) is 11.4 Å². The van der Waals surface area contributed by atoms with E-state index in [-0.39, 0.29) is 16.6 Å². The van der Waals surface area contributed by atoms with E-state index in [2.05, 4.69) is 9.72 Å². The summed E-state index contributed by atoms with van der Waals surface area (Å²) in [4.78, 5) is 18.2. The molecule has 0 saturated heterocycles. The Morgan fingerprint density at radius 1 is 1.35 bits per heavy atom. The number of hydrogen-bond acceptors (Lipinski definition) is 5. The molecule has 0 saturated carbocycles. The Morgan fingerprint density at radius 2 is 2.04 bits per heavy atom. The number of aryl methyl sites for hydroxylation is 1. The molecule has 1 atom stereocenters. The summed E-state index contributed by atoms with van der Waals surface area (Å²) in [6, 6.07) is 5.29. The molecule has 0 amide bonds. The summed E-state index contributed by atoms with van der Waals surface area (Å²) >= 11 is 2.96. The molecule has 0 spiro atoms. The number of benzene rings is 1. The van der Waals surface area contributed by atoms with Crippen molar-refractivity contribution in [1.82, 2.24) is 9.55 Å². The highest BCUT2D eigenvalue weighted by Crippen LogP contribution is 2.32. The van der Waals surface area contributed by atoms with Crippen LogP contribution in [0.1, 0.15) is 26.0 Å². The SMILES string of the molecule is CCC(C)Sc1nc2c(c(=O)n1-c1ccc(OC(F)(F)F)cc1)SCC2. The van der Waals surface area contributed by atoms with Gasteiger partial charge in [0.1, 0.15) is 5.75 Å². The normalized spacial score (nSPS) is 15.0. The van der Waals surface area contributed by atoms with Crippen LogP contribution in [0.2, 0.25) is 0 Å². The third kappa shape index (κ3) is 4.20. The Morgan fingerprint density at radius 3 is 2.65 bits per heavy atom. The van der Waals surface area contributed by atoms with Crippen molar-refractivity contribution >= 4 is 23.5 Å². The maximum absolute atomic E-state index is 12.9. The van der Waals surface area contributed by atoms with E-state index in [1.54, 1.807) is 0 Å². The number of ether oxygens (including phenoxy) is 1. The molecular weight excluding hydrogens is 385 g/mol. The lowest BCUT2D eigenvalue weighted by molar-refractivity contribution is -0.274. The quantitative estimate of drug-likeness (QED) is 0.537. The molecule has 26 heavy (non-hydrogen) atoms. The van der Waals surface area contributed by atoms with Crippen LogP contribution in [0.3, 0.4) is 0 Å². The Kier molecular flexibility index (Phi) is 5.57. The summed E-state index contributed by atoms with van der Waals surface area (Å²) in [6.07, 6.45) is -3.09. The van der Waals surface area contributed by atoms with Gasteiger partial charge in [0.15, 0.2) is 5.16 Å². The predicted molar refractivity (Wildman–Crippen MR) is 96.6 cm³/mol. The van der Waals surface area contributed by atoms with Crippen LogP contribution >= 0.6 is 23.5 Å². The Labute approximate surface area is 157 Å². The van der Waals surface area contributed by atoms with E-state index in [1.807, 2.05) is 13.8 Å². The molecule has 1 aliphatic rings. The summed E-state index contributed by atoms with van der Waals surface area (Å²) in [7, 11) is 0. The van der Waals surface area contributed by atoms with Crippen molar-refractivity contribution in [2.75, 3.05) is 5.75 Å². The third-order valence-electron chi connectivity index (χ3n) is 3.88. The fraction of sp³-hybridized carbons (Fsp3) is 0.412. The molecular formula is C17H17F3N2O2S2. The van der Waals surface area contributed by atoms with Crippen LogP contribution in [-0.4, -0.2) is 26.9 Å². The molecule has 0 bridgehead atoms. The van der Waals surface area contributed by atoms with Crippen LogP contribution < -0.4 is 10.3 Å². The van der Waals surface area contributed by atoms with Gasteiger partial charge in [-0.2, -0.15) is 0 Å². The number of nitrogens with zero attached hydrogens (tertiary/aromatic N) is 2. The first kappa shape index (κ1) is 19.2. The number of thioether (sulfide) groups is 2. The highest BCUT2D eigenvalue weighted by molar-refractivity contribution is 8.00. The topological polar surface area (TPSA) is 44.1 Å². The predicted octanol–water partition coefficient (Wildman–Crippen LogP) is 4.67. The molecule has 140 valence electrons. The van der Waals surface area contributed by atoms with E-state index < -0.39 is 6.36 Å². The summed E-state index contributed by atoms with van der Waals surface area (Å²) in [5, 5.41) is 0.822. The molecule has 0 radical (unpaired) electrons. The lowest BCUT2D eigenvalue weighted by Crippen LogP contribution is -2.24. The Balaban J connectivity index is 2.04. The molecule has 4 nitrogen and oxygen atoms in total. The van der Waals surface area contributed by atoms with Crippen molar-refractivity contribution in [1.29, 1.82) is 0 Å². The van der Waals surface area contributed by atoms with Crippen LogP contribution in [0.5, 0.6) is 5.75 Å². The molecule has 3 rings (SSSR count). The number of aromatic nitrogens is 2.